The van der Waals surface area contributed by atoms with Gasteiger partial charge in [-0.1, -0.05) is 41.9 Å². The van der Waals surface area contributed by atoms with Gasteiger partial charge in [-0.25, -0.2) is 0 Å². The lowest BCUT2D eigenvalue weighted by Crippen LogP contribution is -2.37. The summed E-state index contributed by atoms with van der Waals surface area (Å²) in [4.78, 5) is 12.0. The third-order valence-corrected chi connectivity index (χ3v) is 3.42. The fourth-order valence-electron chi connectivity index (χ4n) is 2.05. The van der Waals surface area contributed by atoms with E-state index in [9.17, 15) is 18.0 Å². The number of rotatable bonds is 4. The van der Waals surface area contributed by atoms with Crippen molar-refractivity contribution in [3.05, 3.63) is 64.7 Å². The number of nitrogens with two attached hydrogens (primary N) is 1. The van der Waals surface area contributed by atoms with Crippen LogP contribution in [0.2, 0.25) is 5.02 Å². The van der Waals surface area contributed by atoms with Crippen LogP contribution in [-0.4, -0.2) is 11.9 Å². The zero-order valence-electron chi connectivity index (χ0n) is 11.9. The quantitative estimate of drug-likeness (QED) is 0.886. The molecule has 0 aromatic heterocycles. The molecule has 7 heteroatoms. The van der Waals surface area contributed by atoms with Crippen molar-refractivity contribution in [2.45, 2.75) is 18.6 Å². The van der Waals surface area contributed by atoms with E-state index in [4.69, 9.17) is 17.3 Å². The van der Waals surface area contributed by atoms with Crippen LogP contribution in [0.25, 0.3) is 0 Å². The highest BCUT2D eigenvalue weighted by Gasteiger charge is 2.34. The van der Waals surface area contributed by atoms with Crippen LogP contribution in [0.15, 0.2) is 48.5 Å². The second-order valence-electron chi connectivity index (χ2n) is 4.97. The molecule has 23 heavy (non-hydrogen) atoms. The number of carbonyl (C=O) groups excluding carboxylic acids is 1. The van der Waals surface area contributed by atoms with Gasteiger partial charge in [-0.05, 0) is 30.2 Å². The van der Waals surface area contributed by atoms with Gasteiger partial charge >= 0.3 is 6.18 Å². The maximum Gasteiger partial charge on any atom is 0.418 e. The van der Waals surface area contributed by atoms with Crippen molar-refractivity contribution < 1.29 is 18.0 Å². The average molecular weight is 343 g/mol. The monoisotopic (exact) mass is 342 g/mol. The normalized spacial score (nSPS) is 12.7. The summed E-state index contributed by atoms with van der Waals surface area (Å²) in [5.74, 6) is -0.693. The van der Waals surface area contributed by atoms with Gasteiger partial charge in [0.2, 0.25) is 5.91 Å². The minimum absolute atomic E-state index is 0.0658. The number of alkyl halides is 3. The molecule has 3 nitrogen and oxygen atoms in total. The van der Waals surface area contributed by atoms with Crippen molar-refractivity contribution in [1.29, 1.82) is 0 Å². The van der Waals surface area contributed by atoms with Gasteiger partial charge in [-0.15, -0.1) is 0 Å². The van der Waals surface area contributed by atoms with Crippen LogP contribution in [0.5, 0.6) is 0 Å². The maximum absolute atomic E-state index is 13.0. The molecule has 0 aliphatic rings. The second kappa shape index (κ2) is 7.02. The molecule has 3 N–H and O–H groups in total. The molecule has 0 heterocycles. The highest BCUT2D eigenvalue weighted by atomic mass is 35.5. The van der Waals surface area contributed by atoms with E-state index >= 15 is 0 Å². The Bertz CT molecular complexity index is 689. The topological polar surface area (TPSA) is 55.1 Å². The Morgan fingerprint density at radius 2 is 1.83 bits per heavy atom. The lowest BCUT2D eigenvalue weighted by molar-refractivity contribution is -0.137. The van der Waals surface area contributed by atoms with E-state index in [0.717, 1.165) is 17.7 Å². The maximum atomic E-state index is 13.0. The van der Waals surface area contributed by atoms with Crippen LogP contribution < -0.4 is 11.1 Å². The Labute approximate surface area is 136 Å². The number of carbonyl (C=O) groups is 1. The van der Waals surface area contributed by atoms with Gasteiger partial charge in [-0.2, -0.15) is 13.2 Å². The fourth-order valence-corrected chi connectivity index (χ4v) is 2.22. The zero-order valence-corrected chi connectivity index (χ0v) is 12.7. The molecule has 2 aromatic carbocycles. The number of halogens is 4. The molecule has 0 aliphatic heterocycles. The van der Waals surface area contributed by atoms with E-state index in [0.29, 0.717) is 0 Å². The highest BCUT2D eigenvalue weighted by Crippen LogP contribution is 2.36. The van der Waals surface area contributed by atoms with Crippen LogP contribution in [0, 0.1) is 0 Å². The first kappa shape index (κ1) is 17.3. The van der Waals surface area contributed by atoms with E-state index in [1.54, 1.807) is 24.3 Å². The number of amides is 1. The van der Waals surface area contributed by atoms with Crippen molar-refractivity contribution in [2.75, 3.05) is 5.32 Å². The van der Waals surface area contributed by atoms with Gasteiger partial charge in [0.1, 0.15) is 0 Å². The molecule has 122 valence electrons. The van der Waals surface area contributed by atoms with Gasteiger partial charge in [0.15, 0.2) is 0 Å². The molecule has 1 amide bonds. The van der Waals surface area contributed by atoms with Crippen LogP contribution in [0.3, 0.4) is 0 Å². The van der Waals surface area contributed by atoms with E-state index in [1.807, 2.05) is 6.07 Å². The summed E-state index contributed by atoms with van der Waals surface area (Å²) >= 11 is 5.59. The molecule has 0 aliphatic carbocycles. The van der Waals surface area contributed by atoms with Gasteiger partial charge in [0.05, 0.1) is 17.3 Å². The first-order valence-corrected chi connectivity index (χ1v) is 7.12. The summed E-state index contributed by atoms with van der Waals surface area (Å²) < 4.78 is 39.0. The van der Waals surface area contributed by atoms with Crippen molar-refractivity contribution in [2.24, 2.45) is 5.73 Å². The largest absolute Gasteiger partial charge is 0.418 e. The summed E-state index contributed by atoms with van der Waals surface area (Å²) in [6.45, 7) is 0. The number of hydrogen-bond acceptors (Lipinski definition) is 2. The molecule has 2 aromatic rings. The predicted molar refractivity (Wildman–Crippen MR) is 83.2 cm³/mol. The summed E-state index contributed by atoms with van der Waals surface area (Å²) in [7, 11) is 0. The molecule has 0 bridgehead atoms. The Morgan fingerprint density at radius 1 is 1.17 bits per heavy atom. The third-order valence-electron chi connectivity index (χ3n) is 3.18. The minimum atomic E-state index is -4.63. The van der Waals surface area contributed by atoms with E-state index in [2.05, 4.69) is 5.32 Å². The van der Waals surface area contributed by atoms with Gasteiger partial charge in [0.25, 0.3) is 0 Å². The zero-order chi connectivity index (χ0) is 17.0. The third kappa shape index (κ3) is 4.71. The Hall–Kier alpha value is -2.05. The lowest BCUT2D eigenvalue weighted by atomic mass is 10.1. The number of nitrogens with one attached hydrogen (secondary N) is 1. The van der Waals surface area contributed by atoms with Crippen molar-refractivity contribution in [3.8, 4) is 0 Å². The summed E-state index contributed by atoms with van der Waals surface area (Å²) in [6.07, 6.45) is -4.40. The summed E-state index contributed by atoms with van der Waals surface area (Å²) in [5.41, 5.74) is 5.21. The molecule has 0 spiro atoms. The van der Waals surface area contributed by atoms with Crippen LogP contribution >= 0.6 is 11.6 Å². The molecule has 2 rings (SSSR count). The van der Waals surface area contributed by atoms with E-state index in [1.165, 1.54) is 6.07 Å². The lowest BCUT2D eigenvalue weighted by Gasteiger charge is -2.17. The number of hydrogen-bond donors (Lipinski definition) is 2. The molecule has 0 unspecified atom stereocenters. The molecule has 0 fully saturated rings. The summed E-state index contributed by atoms with van der Waals surface area (Å²) in [6, 6.07) is 11.2. The van der Waals surface area contributed by atoms with Crippen molar-refractivity contribution in [1.82, 2.24) is 0 Å². The number of anilines is 1. The first-order chi connectivity index (χ1) is 10.8. The molecular formula is C16H14ClF3N2O. The van der Waals surface area contributed by atoms with Gasteiger partial charge in [0, 0.05) is 5.02 Å². The Kier molecular flexibility index (Phi) is 5.28. The van der Waals surface area contributed by atoms with Gasteiger partial charge < -0.3 is 11.1 Å². The molecule has 0 saturated heterocycles. The number of benzene rings is 2. The smallest absolute Gasteiger partial charge is 0.324 e. The molecular weight excluding hydrogens is 329 g/mol. The minimum Gasteiger partial charge on any atom is -0.324 e. The van der Waals surface area contributed by atoms with Crippen molar-refractivity contribution in [3.63, 3.8) is 0 Å². The SMILES string of the molecule is N[C@@H](Cc1ccccc1)C(=O)Nc1ccc(Cl)cc1C(F)(F)F. The van der Waals surface area contributed by atoms with E-state index in [-0.39, 0.29) is 17.1 Å². The second-order valence-corrected chi connectivity index (χ2v) is 5.41. The fraction of sp³-hybridized carbons (Fsp3) is 0.188. The average Bonchev–Trinajstić information content (AvgIpc) is 2.49. The highest BCUT2D eigenvalue weighted by molar-refractivity contribution is 6.30. The Morgan fingerprint density at radius 3 is 2.43 bits per heavy atom. The molecule has 0 radical (unpaired) electrons. The first-order valence-electron chi connectivity index (χ1n) is 6.74. The summed E-state index contributed by atoms with van der Waals surface area (Å²) in [5, 5.41) is 2.16. The molecule has 0 saturated carbocycles. The van der Waals surface area contributed by atoms with Crippen LogP contribution in [0.1, 0.15) is 11.1 Å². The van der Waals surface area contributed by atoms with E-state index < -0.39 is 23.7 Å². The predicted octanol–water partition coefficient (Wildman–Crippen LogP) is 3.87. The molecule has 1 atom stereocenters. The standard InChI is InChI=1S/C16H14ClF3N2O/c17-11-6-7-14(12(9-11)16(18,19)20)22-15(23)13(21)8-10-4-2-1-3-5-10/h1-7,9,13H,8,21H2,(H,22,23)/t13-/m0/s1. The van der Waals surface area contributed by atoms with Gasteiger partial charge in [-0.3, -0.25) is 4.79 Å². The van der Waals surface area contributed by atoms with Crippen LogP contribution in [0.4, 0.5) is 18.9 Å². The van der Waals surface area contributed by atoms with Crippen LogP contribution in [-0.2, 0) is 17.4 Å². The van der Waals surface area contributed by atoms with Crippen molar-refractivity contribution >= 4 is 23.2 Å². The Balaban J connectivity index is 2.14.